The van der Waals surface area contributed by atoms with Crippen LogP contribution in [0.1, 0.15) is 24.5 Å². The maximum Gasteiger partial charge on any atom is 0.238 e. The minimum Gasteiger partial charge on any atom is -0.325 e. The number of aryl methyl sites for hydroxylation is 1. The van der Waals surface area contributed by atoms with E-state index in [1.54, 1.807) is 0 Å². The molecule has 4 heteroatoms. The van der Waals surface area contributed by atoms with Crippen LogP contribution in [0.25, 0.3) is 0 Å². The lowest BCUT2D eigenvalue weighted by molar-refractivity contribution is -0.118. The number of anilines is 1. The summed E-state index contributed by atoms with van der Waals surface area (Å²) in [4.78, 5) is 12.8. The van der Waals surface area contributed by atoms with Crippen molar-refractivity contribution in [2.45, 2.75) is 29.5 Å². The number of carbonyl (C=O) groups excluding carboxylic acids is 1. The first kappa shape index (κ1) is 15.4. The van der Waals surface area contributed by atoms with Crippen molar-refractivity contribution in [3.63, 3.8) is 0 Å². The Morgan fingerprint density at radius 2 is 1.68 bits per heavy atom. The average molecular weight is 334 g/mol. The molecule has 0 heterocycles. The molecule has 1 amide bonds. The fourth-order valence-corrected chi connectivity index (χ4v) is 3.55. The predicted molar refractivity (Wildman–Crippen MR) is 91.6 cm³/mol. The zero-order valence-corrected chi connectivity index (χ0v) is 13.8. The van der Waals surface area contributed by atoms with Crippen molar-refractivity contribution < 1.29 is 4.79 Å². The molecule has 0 aromatic heterocycles. The van der Waals surface area contributed by atoms with Gasteiger partial charge in [0.25, 0.3) is 0 Å². The summed E-state index contributed by atoms with van der Waals surface area (Å²) in [7, 11) is 0. The monoisotopic (exact) mass is 333 g/mol. The predicted octanol–water partition coefficient (Wildman–Crippen LogP) is 4.70. The molecule has 22 heavy (non-hydrogen) atoms. The van der Waals surface area contributed by atoms with E-state index in [-0.39, 0.29) is 5.91 Å². The number of halogens is 2. The fraction of sp³-hybridized carbons (Fsp3) is 0.278. The highest BCUT2D eigenvalue weighted by atomic mass is 35.5. The SMILES string of the molecule is CCc1ccc(NC(=O)[C@]2(c3ccccc3)CC2(Cl)Cl)cc1. The van der Waals surface area contributed by atoms with Crippen molar-refractivity contribution in [2.75, 3.05) is 5.32 Å². The molecule has 0 aliphatic heterocycles. The molecule has 114 valence electrons. The van der Waals surface area contributed by atoms with Gasteiger partial charge in [-0.2, -0.15) is 0 Å². The van der Waals surface area contributed by atoms with Crippen molar-refractivity contribution in [1.82, 2.24) is 0 Å². The summed E-state index contributed by atoms with van der Waals surface area (Å²) in [6.45, 7) is 2.09. The maximum atomic E-state index is 12.8. The zero-order valence-electron chi connectivity index (χ0n) is 12.3. The first-order chi connectivity index (χ1) is 10.5. The third-order valence-corrected chi connectivity index (χ3v) is 5.17. The van der Waals surface area contributed by atoms with Crippen LogP contribution in [-0.4, -0.2) is 10.2 Å². The molecule has 1 fully saturated rings. The average Bonchev–Trinajstić information content (AvgIpc) is 3.13. The third kappa shape index (κ3) is 2.51. The van der Waals surface area contributed by atoms with Crippen LogP contribution in [0.3, 0.4) is 0 Å². The van der Waals surface area contributed by atoms with Crippen LogP contribution >= 0.6 is 23.2 Å². The Balaban J connectivity index is 1.86. The van der Waals surface area contributed by atoms with Gasteiger partial charge in [-0.25, -0.2) is 0 Å². The van der Waals surface area contributed by atoms with E-state index in [4.69, 9.17) is 23.2 Å². The third-order valence-electron chi connectivity index (χ3n) is 4.26. The summed E-state index contributed by atoms with van der Waals surface area (Å²) in [6.07, 6.45) is 1.39. The van der Waals surface area contributed by atoms with Crippen LogP contribution in [0.4, 0.5) is 5.69 Å². The highest BCUT2D eigenvalue weighted by Crippen LogP contribution is 2.65. The van der Waals surface area contributed by atoms with E-state index >= 15 is 0 Å². The van der Waals surface area contributed by atoms with Gasteiger partial charge in [-0.05, 0) is 29.7 Å². The van der Waals surface area contributed by atoms with E-state index in [1.165, 1.54) is 5.56 Å². The van der Waals surface area contributed by atoms with Gasteiger partial charge in [-0.15, -0.1) is 23.2 Å². The van der Waals surface area contributed by atoms with Gasteiger partial charge in [0.2, 0.25) is 5.91 Å². The number of carbonyl (C=O) groups is 1. The van der Waals surface area contributed by atoms with Gasteiger partial charge in [-0.3, -0.25) is 4.79 Å². The zero-order chi connectivity index (χ0) is 15.8. The summed E-state index contributed by atoms with van der Waals surface area (Å²) in [5, 5.41) is 2.94. The van der Waals surface area contributed by atoms with E-state index in [2.05, 4.69) is 12.2 Å². The second-order valence-electron chi connectivity index (χ2n) is 5.66. The van der Waals surface area contributed by atoms with E-state index in [9.17, 15) is 4.79 Å². The smallest absolute Gasteiger partial charge is 0.238 e. The van der Waals surface area contributed by atoms with Gasteiger partial charge in [0.05, 0.1) is 0 Å². The minimum atomic E-state index is -1.05. The highest BCUT2D eigenvalue weighted by molar-refractivity contribution is 6.54. The first-order valence-corrected chi connectivity index (χ1v) is 8.09. The molecular weight excluding hydrogens is 317 g/mol. The summed E-state index contributed by atoms with van der Waals surface area (Å²) in [5.41, 5.74) is 1.96. The van der Waals surface area contributed by atoms with Gasteiger partial charge in [-0.1, -0.05) is 49.4 Å². The van der Waals surface area contributed by atoms with Crippen molar-refractivity contribution in [2.24, 2.45) is 0 Å². The molecule has 0 saturated heterocycles. The Morgan fingerprint density at radius 1 is 1.09 bits per heavy atom. The maximum absolute atomic E-state index is 12.8. The Hall–Kier alpha value is -1.51. The van der Waals surface area contributed by atoms with Crippen molar-refractivity contribution in [3.05, 3.63) is 65.7 Å². The van der Waals surface area contributed by atoms with Gasteiger partial charge in [0.1, 0.15) is 9.75 Å². The number of nitrogens with one attached hydrogen (secondary N) is 1. The second-order valence-corrected chi connectivity index (χ2v) is 7.14. The van der Waals surface area contributed by atoms with E-state index in [0.29, 0.717) is 6.42 Å². The van der Waals surface area contributed by atoms with Crippen LogP contribution in [0.2, 0.25) is 0 Å². The van der Waals surface area contributed by atoms with Crippen molar-refractivity contribution in [1.29, 1.82) is 0 Å². The number of alkyl halides is 2. The first-order valence-electron chi connectivity index (χ1n) is 7.33. The number of hydrogen-bond donors (Lipinski definition) is 1. The Labute approximate surface area is 140 Å². The molecule has 2 nitrogen and oxygen atoms in total. The summed E-state index contributed by atoms with van der Waals surface area (Å²) < 4.78 is -1.05. The summed E-state index contributed by atoms with van der Waals surface area (Å²) in [5.74, 6) is -0.159. The molecular formula is C18H17Cl2NO. The molecule has 2 aromatic carbocycles. The lowest BCUT2D eigenvalue weighted by atomic mass is 9.94. The fourth-order valence-electron chi connectivity index (χ4n) is 2.76. The number of rotatable bonds is 4. The topological polar surface area (TPSA) is 29.1 Å². The van der Waals surface area contributed by atoms with Crippen molar-refractivity contribution in [3.8, 4) is 0 Å². The van der Waals surface area contributed by atoms with E-state index in [1.807, 2.05) is 54.6 Å². The molecule has 3 rings (SSSR count). The molecule has 0 bridgehead atoms. The molecule has 0 unspecified atom stereocenters. The van der Waals surface area contributed by atoms with Gasteiger partial charge in [0.15, 0.2) is 0 Å². The van der Waals surface area contributed by atoms with Crippen molar-refractivity contribution >= 4 is 34.8 Å². The summed E-state index contributed by atoms with van der Waals surface area (Å²) in [6, 6.07) is 17.3. The molecule has 1 atom stereocenters. The Kier molecular flexibility index (Phi) is 3.92. The minimum absolute atomic E-state index is 0.159. The molecule has 1 N–H and O–H groups in total. The molecule has 1 saturated carbocycles. The molecule has 2 aromatic rings. The largest absolute Gasteiger partial charge is 0.325 e. The van der Waals surface area contributed by atoms with E-state index < -0.39 is 9.75 Å². The standard InChI is InChI=1S/C18H17Cl2NO/c1-2-13-8-10-15(11-9-13)21-16(22)17(12-18(17,19)20)14-6-4-3-5-7-14/h3-11H,2,12H2,1H3,(H,21,22)/t17-/m1/s1. The molecule has 0 radical (unpaired) electrons. The lowest BCUT2D eigenvalue weighted by Crippen LogP contribution is -2.32. The highest BCUT2D eigenvalue weighted by Gasteiger charge is 2.72. The van der Waals surface area contributed by atoms with Gasteiger partial charge in [0, 0.05) is 12.1 Å². The number of hydrogen-bond acceptors (Lipinski definition) is 1. The second kappa shape index (κ2) is 5.60. The molecule has 1 aliphatic carbocycles. The van der Waals surface area contributed by atoms with Crippen LogP contribution in [-0.2, 0) is 16.6 Å². The Morgan fingerprint density at radius 3 is 2.18 bits per heavy atom. The van der Waals surface area contributed by atoms with Gasteiger partial charge < -0.3 is 5.32 Å². The van der Waals surface area contributed by atoms with E-state index in [0.717, 1.165) is 17.7 Å². The Bertz CT molecular complexity index is 682. The van der Waals surface area contributed by atoms with Crippen LogP contribution in [0.15, 0.2) is 54.6 Å². The van der Waals surface area contributed by atoms with Gasteiger partial charge >= 0.3 is 0 Å². The van der Waals surface area contributed by atoms with Crippen LogP contribution in [0.5, 0.6) is 0 Å². The number of amides is 1. The normalized spacial score (nSPS) is 22.1. The quantitative estimate of drug-likeness (QED) is 0.807. The molecule has 1 aliphatic rings. The van der Waals surface area contributed by atoms with Crippen LogP contribution in [0, 0.1) is 0 Å². The summed E-state index contributed by atoms with van der Waals surface area (Å²) >= 11 is 12.6. The van der Waals surface area contributed by atoms with Crippen LogP contribution < -0.4 is 5.32 Å². The number of benzene rings is 2. The lowest BCUT2D eigenvalue weighted by Gasteiger charge is -2.18. The molecule has 0 spiro atoms.